The molecule has 0 spiro atoms. The highest BCUT2D eigenvalue weighted by atomic mass is 16.5. The summed E-state index contributed by atoms with van der Waals surface area (Å²) in [7, 11) is 1.33. The first-order valence-electron chi connectivity index (χ1n) is 9.82. The Bertz CT molecular complexity index is 1000. The number of nitrogens with one attached hydrogen (secondary N) is 1. The summed E-state index contributed by atoms with van der Waals surface area (Å²) in [4.78, 5) is 25.7. The van der Waals surface area contributed by atoms with Gasteiger partial charge in [-0.15, -0.1) is 0 Å². The van der Waals surface area contributed by atoms with Gasteiger partial charge >= 0.3 is 11.9 Å². The van der Waals surface area contributed by atoms with E-state index in [-0.39, 0.29) is 6.61 Å². The third kappa shape index (κ3) is 4.51. The van der Waals surface area contributed by atoms with Crippen LogP contribution in [-0.2, 0) is 19.1 Å². The largest absolute Gasteiger partial charge is 0.466 e. The van der Waals surface area contributed by atoms with Crippen molar-refractivity contribution in [2.45, 2.75) is 13.8 Å². The van der Waals surface area contributed by atoms with Crippen LogP contribution >= 0.6 is 0 Å². The monoisotopic (exact) mass is 403 g/mol. The SMILES string of the molecule is CCOC(=O)C1=C(c2ccccc2)NC(C)=C(C(=O)OC)C1/C=C/c1ccccc1. The molecule has 0 saturated carbocycles. The Morgan fingerprint density at radius 3 is 2.20 bits per heavy atom. The molecule has 0 radical (unpaired) electrons. The van der Waals surface area contributed by atoms with Crippen LogP contribution in [-0.4, -0.2) is 25.7 Å². The van der Waals surface area contributed by atoms with E-state index in [0.29, 0.717) is 22.5 Å². The van der Waals surface area contributed by atoms with Crippen LogP contribution in [0.3, 0.4) is 0 Å². The highest BCUT2D eigenvalue weighted by molar-refractivity contribution is 6.04. The zero-order valence-electron chi connectivity index (χ0n) is 17.3. The number of carbonyl (C=O) groups is 2. The number of hydrogen-bond donors (Lipinski definition) is 1. The molecule has 0 aromatic heterocycles. The minimum Gasteiger partial charge on any atom is -0.466 e. The summed E-state index contributed by atoms with van der Waals surface area (Å²) in [6.45, 7) is 3.80. The maximum Gasteiger partial charge on any atom is 0.337 e. The summed E-state index contributed by atoms with van der Waals surface area (Å²) in [5, 5.41) is 3.24. The Morgan fingerprint density at radius 2 is 1.60 bits per heavy atom. The van der Waals surface area contributed by atoms with Crippen LogP contribution in [0.25, 0.3) is 11.8 Å². The van der Waals surface area contributed by atoms with Crippen LogP contribution in [0.1, 0.15) is 25.0 Å². The number of dihydropyridines is 1. The summed E-state index contributed by atoms with van der Waals surface area (Å²) < 4.78 is 10.4. The molecule has 2 aromatic carbocycles. The van der Waals surface area contributed by atoms with Crippen molar-refractivity contribution in [3.8, 4) is 0 Å². The molecule has 2 aromatic rings. The normalized spacial score (nSPS) is 16.4. The standard InChI is InChI=1S/C25H25NO4/c1-4-30-25(28)22-20(16-15-18-11-7-5-8-12-18)21(24(27)29-3)17(2)26-23(22)19-13-9-6-10-14-19/h5-16,20,26H,4H2,1-3H3/b16-15+. The molecule has 0 saturated heterocycles. The average molecular weight is 403 g/mol. The van der Waals surface area contributed by atoms with Crippen LogP contribution in [0.15, 0.2) is 83.6 Å². The molecule has 0 bridgehead atoms. The van der Waals surface area contributed by atoms with Crippen LogP contribution in [0, 0.1) is 5.92 Å². The fraction of sp³-hybridized carbons (Fsp3) is 0.200. The molecule has 0 aliphatic carbocycles. The van der Waals surface area contributed by atoms with E-state index in [1.54, 1.807) is 13.8 Å². The second-order valence-corrected chi connectivity index (χ2v) is 6.78. The molecule has 5 heteroatoms. The number of ether oxygens (including phenoxy) is 2. The van der Waals surface area contributed by atoms with Crippen molar-refractivity contribution >= 4 is 23.7 Å². The molecule has 1 aliphatic rings. The van der Waals surface area contributed by atoms with Gasteiger partial charge in [0.1, 0.15) is 0 Å². The van der Waals surface area contributed by atoms with Crippen LogP contribution in [0.4, 0.5) is 0 Å². The van der Waals surface area contributed by atoms with E-state index < -0.39 is 17.9 Å². The second kappa shape index (κ2) is 9.74. The molecule has 1 N–H and O–H groups in total. The van der Waals surface area contributed by atoms with Crippen molar-refractivity contribution in [3.63, 3.8) is 0 Å². The van der Waals surface area contributed by atoms with Crippen molar-refractivity contribution in [1.82, 2.24) is 5.32 Å². The number of rotatable bonds is 6. The van der Waals surface area contributed by atoms with Gasteiger partial charge in [0.25, 0.3) is 0 Å². The van der Waals surface area contributed by atoms with Gasteiger partial charge in [-0.1, -0.05) is 72.8 Å². The lowest BCUT2D eigenvalue weighted by atomic mass is 9.83. The lowest BCUT2D eigenvalue weighted by molar-refractivity contribution is -0.139. The first-order valence-corrected chi connectivity index (χ1v) is 9.82. The molecule has 0 amide bonds. The first-order chi connectivity index (χ1) is 14.6. The van der Waals surface area contributed by atoms with Crippen molar-refractivity contribution < 1.29 is 19.1 Å². The first kappa shape index (κ1) is 21.1. The van der Waals surface area contributed by atoms with Crippen molar-refractivity contribution in [2.24, 2.45) is 5.92 Å². The fourth-order valence-corrected chi connectivity index (χ4v) is 3.48. The van der Waals surface area contributed by atoms with Gasteiger partial charge in [-0.25, -0.2) is 9.59 Å². The highest BCUT2D eigenvalue weighted by Gasteiger charge is 2.36. The molecule has 1 aliphatic heterocycles. The zero-order chi connectivity index (χ0) is 21.5. The number of benzene rings is 2. The molecule has 30 heavy (non-hydrogen) atoms. The molecule has 3 rings (SSSR count). The van der Waals surface area contributed by atoms with E-state index in [9.17, 15) is 9.59 Å². The van der Waals surface area contributed by atoms with E-state index in [2.05, 4.69) is 5.32 Å². The third-order valence-corrected chi connectivity index (χ3v) is 4.85. The Morgan fingerprint density at radius 1 is 0.967 bits per heavy atom. The second-order valence-electron chi connectivity index (χ2n) is 6.78. The maximum atomic E-state index is 13.0. The third-order valence-electron chi connectivity index (χ3n) is 4.85. The Kier molecular flexibility index (Phi) is 6.86. The fourth-order valence-electron chi connectivity index (χ4n) is 3.48. The number of allylic oxidation sites excluding steroid dienone is 2. The molecule has 154 valence electrons. The summed E-state index contributed by atoms with van der Waals surface area (Å²) in [6, 6.07) is 19.2. The number of methoxy groups -OCH3 is 1. The lowest BCUT2D eigenvalue weighted by Crippen LogP contribution is -2.32. The van der Waals surface area contributed by atoms with E-state index in [4.69, 9.17) is 9.47 Å². The maximum absolute atomic E-state index is 13.0. The van der Waals surface area contributed by atoms with Gasteiger partial charge in [0.15, 0.2) is 0 Å². The van der Waals surface area contributed by atoms with E-state index in [0.717, 1.165) is 11.1 Å². The average Bonchev–Trinajstić information content (AvgIpc) is 2.78. The van der Waals surface area contributed by atoms with Gasteiger partial charge in [0.2, 0.25) is 0 Å². The summed E-state index contributed by atoms with van der Waals surface area (Å²) in [5.74, 6) is -1.58. The summed E-state index contributed by atoms with van der Waals surface area (Å²) >= 11 is 0. The van der Waals surface area contributed by atoms with Gasteiger partial charge in [0, 0.05) is 11.6 Å². The van der Waals surface area contributed by atoms with E-state index >= 15 is 0 Å². The molecular formula is C25H25NO4. The van der Waals surface area contributed by atoms with Crippen LogP contribution < -0.4 is 5.32 Å². The molecule has 0 fully saturated rings. The Balaban J connectivity index is 2.19. The number of hydrogen-bond acceptors (Lipinski definition) is 5. The van der Waals surface area contributed by atoms with Gasteiger partial charge in [0.05, 0.1) is 30.6 Å². The van der Waals surface area contributed by atoms with E-state index in [1.807, 2.05) is 72.8 Å². The molecular weight excluding hydrogens is 378 g/mol. The molecule has 5 nitrogen and oxygen atoms in total. The van der Waals surface area contributed by atoms with E-state index in [1.165, 1.54) is 7.11 Å². The molecule has 1 atom stereocenters. The van der Waals surface area contributed by atoms with Crippen molar-refractivity contribution in [1.29, 1.82) is 0 Å². The van der Waals surface area contributed by atoms with Gasteiger partial charge in [-0.05, 0) is 25.0 Å². The smallest absolute Gasteiger partial charge is 0.337 e. The van der Waals surface area contributed by atoms with Gasteiger partial charge in [-0.3, -0.25) is 0 Å². The Labute approximate surface area is 176 Å². The topological polar surface area (TPSA) is 64.6 Å². The van der Waals surface area contributed by atoms with Crippen LogP contribution in [0.2, 0.25) is 0 Å². The molecule has 1 unspecified atom stereocenters. The van der Waals surface area contributed by atoms with Gasteiger partial charge in [-0.2, -0.15) is 0 Å². The lowest BCUT2D eigenvalue weighted by Gasteiger charge is -2.29. The predicted molar refractivity (Wildman–Crippen MR) is 117 cm³/mol. The predicted octanol–water partition coefficient (Wildman–Crippen LogP) is 4.34. The minimum atomic E-state index is -0.617. The summed E-state index contributed by atoms with van der Waals surface area (Å²) in [6.07, 6.45) is 3.75. The molecule has 1 heterocycles. The minimum absolute atomic E-state index is 0.232. The summed E-state index contributed by atoms with van der Waals surface area (Å²) in [5.41, 5.74) is 3.82. The zero-order valence-corrected chi connectivity index (χ0v) is 17.3. The van der Waals surface area contributed by atoms with Crippen LogP contribution in [0.5, 0.6) is 0 Å². The number of esters is 2. The highest BCUT2D eigenvalue weighted by Crippen LogP contribution is 2.36. The van der Waals surface area contributed by atoms with Crippen molar-refractivity contribution in [2.75, 3.05) is 13.7 Å². The number of carbonyl (C=O) groups excluding carboxylic acids is 2. The Hall–Kier alpha value is -3.60. The quantitative estimate of drug-likeness (QED) is 0.727. The van der Waals surface area contributed by atoms with Crippen molar-refractivity contribution in [3.05, 3.63) is 94.7 Å². The van der Waals surface area contributed by atoms with Gasteiger partial charge < -0.3 is 14.8 Å².